The van der Waals surface area contributed by atoms with Gasteiger partial charge in [0.1, 0.15) is 0 Å². The van der Waals surface area contributed by atoms with Gasteiger partial charge >= 0.3 is 0 Å². The van der Waals surface area contributed by atoms with Crippen molar-refractivity contribution in [1.82, 2.24) is 20.3 Å². The minimum absolute atomic E-state index is 0.784. The summed E-state index contributed by atoms with van der Waals surface area (Å²) < 4.78 is 1.75. The Morgan fingerprint density at radius 1 is 1.73 bits per heavy atom. The second-order valence-electron chi connectivity index (χ2n) is 3.11. The second-order valence-corrected chi connectivity index (χ2v) is 3.11. The van der Waals surface area contributed by atoms with E-state index >= 15 is 0 Å². The van der Waals surface area contributed by atoms with E-state index in [-0.39, 0.29) is 0 Å². The monoisotopic (exact) mass is 152 g/mol. The van der Waals surface area contributed by atoms with E-state index in [4.69, 9.17) is 0 Å². The summed E-state index contributed by atoms with van der Waals surface area (Å²) >= 11 is 0. The van der Waals surface area contributed by atoms with Crippen LogP contribution in [0.1, 0.15) is 5.69 Å². The fourth-order valence-corrected chi connectivity index (χ4v) is 1.28. The van der Waals surface area contributed by atoms with Gasteiger partial charge in [-0.25, -0.2) is 0 Å². The molecule has 0 unspecified atom stereocenters. The number of hydrogen-bond acceptors (Lipinski definition) is 3. The van der Waals surface area contributed by atoms with Crippen LogP contribution in [0.2, 0.25) is 0 Å². The van der Waals surface area contributed by atoms with E-state index < -0.39 is 0 Å². The fourth-order valence-electron chi connectivity index (χ4n) is 1.28. The maximum Gasteiger partial charge on any atom is 0.0830 e. The van der Waals surface area contributed by atoms with Crippen molar-refractivity contribution in [2.45, 2.75) is 6.42 Å². The molecule has 2 rings (SSSR count). The lowest BCUT2D eigenvalue weighted by Crippen LogP contribution is -2.43. The van der Waals surface area contributed by atoms with Gasteiger partial charge in [0.05, 0.1) is 5.69 Å². The van der Waals surface area contributed by atoms with Crippen LogP contribution in [0.5, 0.6) is 0 Å². The summed E-state index contributed by atoms with van der Waals surface area (Å²) in [6.45, 7) is 2.27. The number of hydrogen-bond donors (Lipinski definition) is 1. The van der Waals surface area contributed by atoms with Gasteiger partial charge in [-0.2, -0.15) is 0 Å². The first-order chi connectivity index (χ1) is 5.34. The average Bonchev–Trinajstić information content (AvgIpc) is 2.27. The zero-order valence-electron chi connectivity index (χ0n) is 6.62. The number of aromatic nitrogens is 3. The van der Waals surface area contributed by atoms with Gasteiger partial charge in [0, 0.05) is 13.2 Å². The lowest BCUT2D eigenvalue weighted by molar-refractivity contribution is 0.344. The van der Waals surface area contributed by atoms with E-state index in [1.807, 2.05) is 13.2 Å². The molecule has 1 aliphatic rings. The summed E-state index contributed by atoms with van der Waals surface area (Å²) in [5.41, 5.74) is 1.11. The predicted octanol–water partition coefficient (Wildman–Crippen LogP) is -0.423. The van der Waals surface area contributed by atoms with Crippen LogP contribution in [0.15, 0.2) is 6.20 Å². The Morgan fingerprint density at radius 3 is 3.00 bits per heavy atom. The number of nitrogens with one attached hydrogen (secondary N) is 1. The highest BCUT2D eigenvalue weighted by Gasteiger charge is 2.17. The molecule has 60 valence electrons. The van der Waals surface area contributed by atoms with E-state index in [9.17, 15) is 0 Å². The molecule has 0 aromatic carbocycles. The standard InChI is InChI=1S/C7H12N4/c1-11-5-7(9-10-11)2-6-3-8-4-6/h5-6,8H,2-4H2,1H3. The van der Waals surface area contributed by atoms with Crippen LogP contribution in [0.25, 0.3) is 0 Å². The quantitative estimate of drug-likeness (QED) is 0.625. The summed E-state index contributed by atoms with van der Waals surface area (Å²) in [5.74, 6) is 0.784. The van der Waals surface area contributed by atoms with Crippen LogP contribution in [0.4, 0.5) is 0 Å². The van der Waals surface area contributed by atoms with Gasteiger partial charge < -0.3 is 5.32 Å². The van der Waals surface area contributed by atoms with Gasteiger partial charge in [0.2, 0.25) is 0 Å². The fraction of sp³-hybridized carbons (Fsp3) is 0.714. The molecule has 0 aliphatic carbocycles. The molecular formula is C7H12N4. The summed E-state index contributed by atoms with van der Waals surface area (Å²) in [6.07, 6.45) is 3.05. The number of nitrogens with zero attached hydrogens (tertiary/aromatic N) is 3. The summed E-state index contributed by atoms with van der Waals surface area (Å²) in [5, 5.41) is 11.1. The summed E-state index contributed by atoms with van der Waals surface area (Å²) in [7, 11) is 1.90. The molecule has 1 aromatic rings. The SMILES string of the molecule is Cn1cc(CC2CNC2)nn1. The zero-order valence-corrected chi connectivity index (χ0v) is 6.62. The Kier molecular flexibility index (Phi) is 1.62. The van der Waals surface area contributed by atoms with Gasteiger partial charge in [0.15, 0.2) is 0 Å². The molecule has 2 heterocycles. The third-order valence-electron chi connectivity index (χ3n) is 2.01. The summed E-state index contributed by atoms with van der Waals surface area (Å²) in [6, 6.07) is 0. The number of aryl methyl sites for hydroxylation is 1. The Bertz CT molecular complexity index is 238. The van der Waals surface area contributed by atoms with Gasteiger partial charge in [-0.15, -0.1) is 5.10 Å². The van der Waals surface area contributed by atoms with E-state index in [0.29, 0.717) is 0 Å². The molecule has 0 radical (unpaired) electrons. The van der Waals surface area contributed by atoms with Crippen molar-refractivity contribution < 1.29 is 0 Å². The first kappa shape index (κ1) is 6.79. The molecule has 1 aliphatic heterocycles. The van der Waals surface area contributed by atoms with Crippen molar-refractivity contribution in [2.75, 3.05) is 13.1 Å². The maximum atomic E-state index is 4.02. The van der Waals surface area contributed by atoms with Crippen LogP contribution < -0.4 is 5.32 Å². The van der Waals surface area contributed by atoms with E-state index in [0.717, 1.165) is 31.1 Å². The minimum atomic E-state index is 0.784. The highest BCUT2D eigenvalue weighted by molar-refractivity contribution is 4.96. The van der Waals surface area contributed by atoms with Crippen LogP contribution >= 0.6 is 0 Å². The molecule has 1 saturated heterocycles. The molecule has 1 fully saturated rings. The smallest absolute Gasteiger partial charge is 0.0830 e. The largest absolute Gasteiger partial charge is 0.316 e. The molecule has 4 heteroatoms. The van der Waals surface area contributed by atoms with Crippen LogP contribution in [-0.4, -0.2) is 28.1 Å². The Morgan fingerprint density at radius 2 is 2.55 bits per heavy atom. The molecule has 0 atom stereocenters. The predicted molar refractivity (Wildman–Crippen MR) is 41.1 cm³/mol. The topological polar surface area (TPSA) is 42.7 Å². The molecule has 11 heavy (non-hydrogen) atoms. The van der Waals surface area contributed by atoms with Crippen molar-refractivity contribution >= 4 is 0 Å². The lowest BCUT2D eigenvalue weighted by Gasteiger charge is -2.25. The van der Waals surface area contributed by atoms with Crippen molar-refractivity contribution in [3.8, 4) is 0 Å². The Balaban J connectivity index is 1.95. The second kappa shape index (κ2) is 2.62. The first-order valence-electron chi connectivity index (χ1n) is 3.90. The molecule has 1 aromatic heterocycles. The van der Waals surface area contributed by atoms with Gasteiger partial charge in [-0.3, -0.25) is 4.68 Å². The molecule has 0 spiro atoms. The van der Waals surface area contributed by atoms with Crippen molar-refractivity contribution in [1.29, 1.82) is 0 Å². The molecule has 0 amide bonds. The van der Waals surface area contributed by atoms with Crippen LogP contribution in [0.3, 0.4) is 0 Å². The van der Waals surface area contributed by atoms with Crippen molar-refractivity contribution in [3.63, 3.8) is 0 Å². The molecule has 1 N–H and O–H groups in total. The highest BCUT2D eigenvalue weighted by Crippen LogP contribution is 2.09. The highest BCUT2D eigenvalue weighted by atomic mass is 15.4. The third-order valence-corrected chi connectivity index (χ3v) is 2.01. The lowest BCUT2D eigenvalue weighted by atomic mass is 9.98. The normalized spacial score (nSPS) is 18.3. The van der Waals surface area contributed by atoms with Crippen molar-refractivity contribution in [2.24, 2.45) is 13.0 Å². The maximum absolute atomic E-state index is 4.02. The average molecular weight is 152 g/mol. The van der Waals surface area contributed by atoms with Crippen LogP contribution in [0, 0.1) is 5.92 Å². The molecule has 0 saturated carbocycles. The molecule has 0 bridgehead atoms. The van der Waals surface area contributed by atoms with Crippen molar-refractivity contribution in [3.05, 3.63) is 11.9 Å². The van der Waals surface area contributed by atoms with Gasteiger partial charge in [-0.05, 0) is 25.4 Å². The zero-order chi connectivity index (χ0) is 7.68. The third kappa shape index (κ3) is 1.40. The summed E-state index contributed by atoms with van der Waals surface area (Å²) in [4.78, 5) is 0. The Hall–Kier alpha value is -0.900. The van der Waals surface area contributed by atoms with Crippen LogP contribution in [-0.2, 0) is 13.5 Å². The van der Waals surface area contributed by atoms with E-state index in [2.05, 4.69) is 15.6 Å². The van der Waals surface area contributed by atoms with Gasteiger partial charge in [0.25, 0.3) is 0 Å². The van der Waals surface area contributed by atoms with Gasteiger partial charge in [-0.1, -0.05) is 5.21 Å². The number of rotatable bonds is 2. The van der Waals surface area contributed by atoms with E-state index in [1.54, 1.807) is 4.68 Å². The molecule has 4 nitrogen and oxygen atoms in total. The molecular weight excluding hydrogens is 140 g/mol. The minimum Gasteiger partial charge on any atom is -0.316 e. The Labute approximate surface area is 65.6 Å². The van der Waals surface area contributed by atoms with E-state index in [1.165, 1.54) is 0 Å². The first-order valence-corrected chi connectivity index (χ1v) is 3.90.